The van der Waals surface area contributed by atoms with Crippen molar-refractivity contribution in [3.63, 3.8) is 0 Å². The summed E-state index contributed by atoms with van der Waals surface area (Å²) >= 11 is 0. The van der Waals surface area contributed by atoms with Crippen molar-refractivity contribution in [1.29, 1.82) is 0 Å². The largest absolute Gasteiger partial charge is 0.459 e. The summed E-state index contributed by atoms with van der Waals surface area (Å²) in [4.78, 5) is 12.2. The zero-order valence-corrected chi connectivity index (χ0v) is 12.4. The van der Waals surface area contributed by atoms with Gasteiger partial charge in [-0.1, -0.05) is 13.8 Å². The summed E-state index contributed by atoms with van der Waals surface area (Å²) in [5.74, 6) is 0.764. The van der Waals surface area contributed by atoms with Crippen molar-refractivity contribution < 1.29 is 9.53 Å². The molecule has 0 aliphatic carbocycles. The lowest BCUT2D eigenvalue weighted by Crippen LogP contribution is -2.47. The molecule has 106 valence electrons. The Morgan fingerprint density at radius 1 is 1.44 bits per heavy atom. The quantitative estimate of drug-likeness (QED) is 0.733. The Labute approximate surface area is 111 Å². The Balaban J connectivity index is 2.60. The second-order valence-electron chi connectivity index (χ2n) is 6.57. The fraction of sp³-hybridized carbons (Fsp3) is 0.929. The molecule has 0 spiro atoms. The van der Waals surface area contributed by atoms with Crippen LogP contribution in [0.15, 0.2) is 0 Å². The predicted molar refractivity (Wildman–Crippen MR) is 73.5 cm³/mol. The van der Waals surface area contributed by atoms with Gasteiger partial charge in [-0.25, -0.2) is 0 Å². The van der Waals surface area contributed by atoms with E-state index in [1.807, 2.05) is 20.8 Å². The van der Waals surface area contributed by atoms with Crippen molar-refractivity contribution in [1.82, 2.24) is 10.6 Å². The molecule has 1 unspecified atom stereocenters. The average Bonchev–Trinajstić information content (AvgIpc) is 2.67. The molecule has 1 heterocycles. The van der Waals surface area contributed by atoms with E-state index in [-0.39, 0.29) is 12.0 Å². The van der Waals surface area contributed by atoms with Gasteiger partial charge >= 0.3 is 5.97 Å². The third-order valence-electron chi connectivity index (χ3n) is 2.98. The molecule has 0 bridgehead atoms. The maximum Gasteiger partial charge on any atom is 0.323 e. The number of esters is 1. The van der Waals surface area contributed by atoms with E-state index in [2.05, 4.69) is 24.5 Å². The van der Waals surface area contributed by atoms with E-state index in [9.17, 15) is 4.79 Å². The molecule has 1 fully saturated rings. The number of carbonyl (C=O) groups is 1. The molecule has 1 aliphatic rings. The molecule has 1 rings (SSSR count). The highest BCUT2D eigenvalue weighted by molar-refractivity contribution is 5.76. The molecular formula is C14H28N2O2. The molecule has 0 aromatic carbocycles. The summed E-state index contributed by atoms with van der Waals surface area (Å²) in [6.07, 6.45) is 1.04. The van der Waals surface area contributed by atoms with E-state index < -0.39 is 5.60 Å². The molecule has 0 saturated carbocycles. The van der Waals surface area contributed by atoms with Gasteiger partial charge in [-0.15, -0.1) is 0 Å². The molecule has 4 heteroatoms. The summed E-state index contributed by atoms with van der Waals surface area (Å²) in [6.45, 7) is 12.8. The van der Waals surface area contributed by atoms with Crippen LogP contribution in [0.25, 0.3) is 0 Å². The minimum atomic E-state index is -0.416. The van der Waals surface area contributed by atoms with Crippen LogP contribution in [0, 0.1) is 11.8 Å². The molecular weight excluding hydrogens is 228 g/mol. The first-order chi connectivity index (χ1) is 8.29. The Kier molecular flexibility index (Phi) is 5.60. The Morgan fingerprint density at radius 2 is 2.11 bits per heavy atom. The smallest absolute Gasteiger partial charge is 0.323 e. The van der Waals surface area contributed by atoms with E-state index in [0.29, 0.717) is 11.8 Å². The lowest BCUT2D eigenvalue weighted by Gasteiger charge is -2.28. The molecule has 1 saturated heterocycles. The van der Waals surface area contributed by atoms with Crippen molar-refractivity contribution in [3.05, 3.63) is 0 Å². The van der Waals surface area contributed by atoms with Gasteiger partial charge in [-0.2, -0.15) is 0 Å². The summed E-state index contributed by atoms with van der Waals surface area (Å²) in [7, 11) is 0. The topological polar surface area (TPSA) is 50.4 Å². The van der Waals surface area contributed by atoms with Crippen LogP contribution < -0.4 is 10.6 Å². The van der Waals surface area contributed by atoms with Gasteiger partial charge in [0.25, 0.3) is 0 Å². The normalized spacial score (nSPS) is 22.2. The predicted octanol–water partition coefficient (Wildman–Crippen LogP) is 1.55. The first-order valence-electron chi connectivity index (χ1n) is 6.96. The van der Waals surface area contributed by atoms with Crippen molar-refractivity contribution in [3.8, 4) is 0 Å². The van der Waals surface area contributed by atoms with E-state index in [4.69, 9.17) is 4.74 Å². The van der Waals surface area contributed by atoms with E-state index >= 15 is 0 Å². The van der Waals surface area contributed by atoms with Crippen LogP contribution in [0.1, 0.15) is 41.0 Å². The fourth-order valence-corrected chi connectivity index (χ4v) is 2.13. The Hall–Kier alpha value is -0.610. The summed E-state index contributed by atoms with van der Waals surface area (Å²) in [5.41, 5.74) is -0.416. The number of hydrogen-bond donors (Lipinski definition) is 2. The number of ether oxygens (including phenoxy) is 1. The SMILES string of the molecule is CC(C)CNC(C(=O)OC(C)(C)C)[C@@H]1CCNC1. The molecule has 18 heavy (non-hydrogen) atoms. The first kappa shape index (κ1) is 15.4. The van der Waals surface area contributed by atoms with Gasteiger partial charge in [0, 0.05) is 6.54 Å². The maximum absolute atomic E-state index is 12.2. The third kappa shape index (κ3) is 5.36. The number of carbonyl (C=O) groups excluding carboxylic acids is 1. The van der Waals surface area contributed by atoms with Crippen LogP contribution in [0.4, 0.5) is 0 Å². The number of rotatable bonds is 5. The molecule has 0 radical (unpaired) electrons. The summed E-state index contributed by atoms with van der Waals surface area (Å²) < 4.78 is 5.52. The molecule has 1 aliphatic heterocycles. The van der Waals surface area contributed by atoms with Crippen LogP contribution >= 0.6 is 0 Å². The second-order valence-corrected chi connectivity index (χ2v) is 6.57. The van der Waals surface area contributed by atoms with E-state index in [1.54, 1.807) is 0 Å². The van der Waals surface area contributed by atoms with Crippen molar-refractivity contribution >= 4 is 5.97 Å². The van der Waals surface area contributed by atoms with Crippen molar-refractivity contribution in [2.75, 3.05) is 19.6 Å². The highest BCUT2D eigenvalue weighted by Gasteiger charge is 2.33. The van der Waals surface area contributed by atoms with Crippen LogP contribution in [-0.2, 0) is 9.53 Å². The molecule has 4 nitrogen and oxygen atoms in total. The lowest BCUT2D eigenvalue weighted by atomic mass is 9.98. The van der Waals surface area contributed by atoms with Crippen LogP contribution in [-0.4, -0.2) is 37.2 Å². The van der Waals surface area contributed by atoms with Crippen LogP contribution in [0.3, 0.4) is 0 Å². The molecule has 0 aromatic rings. The van der Waals surface area contributed by atoms with Crippen molar-refractivity contribution in [2.24, 2.45) is 11.8 Å². The Bertz CT molecular complexity index is 265. The van der Waals surface area contributed by atoms with E-state index in [0.717, 1.165) is 26.1 Å². The van der Waals surface area contributed by atoms with Crippen LogP contribution in [0.2, 0.25) is 0 Å². The van der Waals surface area contributed by atoms with Gasteiger partial charge < -0.3 is 15.4 Å². The fourth-order valence-electron chi connectivity index (χ4n) is 2.13. The van der Waals surface area contributed by atoms with E-state index in [1.165, 1.54) is 0 Å². The zero-order chi connectivity index (χ0) is 13.8. The molecule has 0 aromatic heterocycles. The minimum absolute atomic E-state index is 0.114. The highest BCUT2D eigenvalue weighted by Crippen LogP contribution is 2.17. The molecule has 2 N–H and O–H groups in total. The summed E-state index contributed by atoms with van der Waals surface area (Å²) in [6, 6.07) is -0.179. The van der Waals surface area contributed by atoms with Gasteiger partial charge in [0.2, 0.25) is 0 Å². The Morgan fingerprint density at radius 3 is 2.56 bits per heavy atom. The average molecular weight is 256 g/mol. The maximum atomic E-state index is 12.2. The standard InChI is InChI=1S/C14H28N2O2/c1-10(2)8-16-12(11-6-7-15-9-11)13(17)18-14(3,4)5/h10-12,15-16H,6-9H2,1-5H3/t11-,12?/m1/s1. The second kappa shape index (κ2) is 6.53. The molecule has 2 atom stereocenters. The summed E-state index contributed by atoms with van der Waals surface area (Å²) in [5, 5.41) is 6.68. The highest BCUT2D eigenvalue weighted by atomic mass is 16.6. The third-order valence-corrected chi connectivity index (χ3v) is 2.98. The monoisotopic (exact) mass is 256 g/mol. The van der Waals surface area contributed by atoms with Gasteiger partial charge in [0.05, 0.1) is 0 Å². The van der Waals surface area contributed by atoms with Gasteiger partial charge in [-0.3, -0.25) is 4.79 Å². The molecule has 0 amide bonds. The van der Waals surface area contributed by atoms with Gasteiger partial charge in [-0.05, 0) is 52.1 Å². The number of hydrogen-bond acceptors (Lipinski definition) is 4. The zero-order valence-electron chi connectivity index (χ0n) is 12.4. The minimum Gasteiger partial charge on any atom is -0.459 e. The first-order valence-corrected chi connectivity index (χ1v) is 6.96. The van der Waals surface area contributed by atoms with Crippen LogP contribution in [0.5, 0.6) is 0 Å². The number of nitrogens with one attached hydrogen (secondary N) is 2. The van der Waals surface area contributed by atoms with Gasteiger partial charge in [0.15, 0.2) is 0 Å². The lowest BCUT2D eigenvalue weighted by molar-refractivity contribution is -0.159. The van der Waals surface area contributed by atoms with Crippen molar-refractivity contribution in [2.45, 2.75) is 52.7 Å². The van der Waals surface area contributed by atoms with Gasteiger partial charge in [0.1, 0.15) is 11.6 Å².